The number of aromatic nitrogens is 4. The lowest BCUT2D eigenvalue weighted by atomic mass is 10.0. The molecule has 3 N–H and O–H groups in total. The van der Waals surface area contributed by atoms with E-state index in [0.717, 1.165) is 12.8 Å². The summed E-state index contributed by atoms with van der Waals surface area (Å²) in [6.45, 7) is 9.06. The Morgan fingerprint density at radius 2 is 1.88 bits per heavy atom. The first kappa shape index (κ1) is 36.5. The first-order valence-electron chi connectivity index (χ1n) is 17.8. The maximum Gasteiger partial charge on any atom is 0.408 e. The van der Waals surface area contributed by atoms with E-state index in [1.165, 1.54) is 11.2 Å². The molecule has 5 atom stereocenters. The van der Waals surface area contributed by atoms with Crippen molar-refractivity contribution in [3.8, 4) is 6.01 Å². The van der Waals surface area contributed by atoms with Gasteiger partial charge in [0.1, 0.15) is 41.2 Å². The largest absolute Gasteiger partial charge is 0.459 e. The Balaban J connectivity index is 1.31. The van der Waals surface area contributed by atoms with Gasteiger partial charge in [0.2, 0.25) is 21.8 Å². The molecule has 0 spiro atoms. The molecule has 0 aromatic carbocycles. The van der Waals surface area contributed by atoms with Gasteiger partial charge in [0.25, 0.3) is 11.9 Å². The van der Waals surface area contributed by atoms with Crippen LogP contribution in [0, 0.1) is 5.92 Å². The predicted octanol–water partition coefficient (Wildman–Crippen LogP) is 2.65. The topological polar surface area (TPSA) is 204 Å². The van der Waals surface area contributed by atoms with Crippen LogP contribution in [0.3, 0.4) is 0 Å². The zero-order valence-electron chi connectivity index (χ0n) is 29.8. The summed E-state index contributed by atoms with van der Waals surface area (Å²) in [5.41, 5.74) is -1.21. The molecule has 3 fully saturated rings. The zero-order valence-corrected chi connectivity index (χ0v) is 30.6. The van der Waals surface area contributed by atoms with Gasteiger partial charge in [0.15, 0.2) is 5.65 Å². The molecule has 6 rings (SSSR count). The van der Waals surface area contributed by atoms with Crippen LogP contribution >= 0.6 is 0 Å². The molecule has 0 radical (unpaired) electrons. The average molecular weight is 729 g/mol. The van der Waals surface area contributed by atoms with E-state index in [4.69, 9.17) is 9.47 Å². The van der Waals surface area contributed by atoms with Gasteiger partial charge >= 0.3 is 6.09 Å². The number of sulfonamides is 1. The Labute approximate surface area is 297 Å². The number of fused-ring (bicyclic) bond motifs is 3. The molecule has 0 unspecified atom stereocenters. The van der Waals surface area contributed by atoms with Crippen LogP contribution in [0.5, 0.6) is 6.01 Å². The van der Waals surface area contributed by atoms with Crippen LogP contribution in [0.1, 0.15) is 98.4 Å². The predicted molar refractivity (Wildman–Crippen MR) is 185 cm³/mol. The molecule has 278 valence electrons. The summed E-state index contributed by atoms with van der Waals surface area (Å²) in [6.07, 6.45) is 9.73. The van der Waals surface area contributed by atoms with E-state index in [-0.39, 0.29) is 31.4 Å². The van der Waals surface area contributed by atoms with Crippen molar-refractivity contribution in [2.24, 2.45) is 5.92 Å². The van der Waals surface area contributed by atoms with Crippen molar-refractivity contribution in [2.45, 2.75) is 133 Å². The van der Waals surface area contributed by atoms with Gasteiger partial charge in [-0.2, -0.15) is 4.98 Å². The van der Waals surface area contributed by atoms with Crippen LogP contribution in [0.25, 0.3) is 11.2 Å². The van der Waals surface area contributed by atoms with Crippen molar-refractivity contribution in [1.29, 1.82) is 0 Å². The molecule has 2 aliphatic carbocycles. The summed E-state index contributed by atoms with van der Waals surface area (Å²) < 4.78 is 41.5. The fourth-order valence-corrected chi connectivity index (χ4v) is 8.19. The number of nitrogens with one attached hydrogen (secondary N) is 3. The molecular weight excluding hydrogens is 680 g/mol. The summed E-state index contributed by atoms with van der Waals surface area (Å²) >= 11 is 0. The van der Waals surface area contributed by atoms with E-state index in [1.807, 2.05) is 30.6 Å². The van der Waals surface area contributed by atoms with Crippen LogP contribution in [-0.4, -0.2) is 97.8 Å². The van der Waals surface area contributed by atoms with Gasteiger partial charge in [-0.15, -0.1) is 0 Å². The van der Waals surface area contributed by atoms with Gasteiger partial charge in [-0.1, -0.05) is 25.0 Å². The third-order valence-corrected chi connectivity index (χ3v) is 11.5. The minimum absolute atomic E-state index is 0.0189. The Morgan fingerprint density at radius 1 is 1.12 bits per heavy atom. The first-order valence-corrected chi connectivity index (χ1v) is 19.3. The van der Waals surface area contributed by atoms with E-state index in [1.54, 1.807) is 27.0 Å². The Bertz CT molecular complexity index is 1820. The Hall–Kier alpha value is -4.28. The van der Waals surface area contributed by atoms with Gasteiger partial charge in [-0.25, -0.2) is 23.2 Å². The number of hydrogen-bond acceptors (Lipinski definition) is 11. The highest BCUT2D eigenvalue weighted by Gasteiger charge is 2.62. The minimum atomic E-state index is -3.88. The summed E-state index contributed by atoms with van der Waals surface area (Å²) in [4.78, 5) is 69.7. The first-order chi connectivity index (χ1) is 24.1. The number of carbonyl (C=O) groups is 4. The van der Waals surface area contributed by atoms with Crippen molar-refractivity contribution in [1.82, 2.24) is 39.8 Å². The molecule has 2 aromatic heterocycles. The molecule has 0 bridgehead atoms. The Kier molecular flexibility index (Phi) is 10.0. The summed E-state index contributed by atoms with van der Waals surface area (Å²) in [7, 11) is -3.88. The number of nitrogens with zero attached hydrogens (tertiary/aromatic N) is 5. The fraction of sp³-hybridized carbons (Fsp3) is 0.676. The van der Waals surface area contributed by atoms with E-state index in [9.17, 15) is 27.6 Å². The summed E-state index contributed by atoms with van der Waals surface area (Å²) in [6, 6.07) is -1.95. The van der Waals surface area contributed by atoms with Crippen molar-refractivity contribution < 1.29 is 37.1 Å². The molecular formula is C34H48N8O8S. The molecule has 4 amide bonds. The monoisotopic (exact) mass is 728 g/mol. The number of rotatable bonds is 7. The van der Waals surface area contributed by atoms with Crippen LogP contribution in [0.2, 0.25) is 0 Å². The van der Waals surface area contributed by atoms with Gasteiger partial charge in [0, 0.05) is 18.4 Å². The van der Waals surface area contributed by atoms with Crippen molar-refractivity contribution in [2.75, 3.05) is 6.54 Å². The zero-order chi connectivity index (χ0) is 36.7. The van der Waals surface area contributed by atoms with Crippen LogP contribution in [0.15, 0.2) is 24.7 Å². The van der Waals surface area contributed by atoms with E-state index in [0.29, 0.717) is 43.3 Å². The van der Waals surface area contributed by atoms with E-state index < -0.39 is 74.3 Å². The minimum Gasteiger partial charge on any atom is -0.459 e. The molecule has 2 saturated carbocycles. The number of carbonyl (C=O) groups excluding carboxylic acids is 4. The average Bonchev–Trinajstić information content (AvgIpc) is 3.94. The second kappa shape index (κ2) is 14.0. The molecule has 4 heterocycles. The maximum absolute atomic E-state index is 14.4. The fourth-order valence-electron chi connectivity index (χ4n) is 6.82. The lowest BCUT2D eigenvalue weighted by molar-refractivity contribution is -0.141. The lowest BCUT2D eigenvalue weighted by Gasteiger charge is -2.30. The molecule has 2 aromatic rings. The van der Waals surface area contributed by atoms with Crippen LogP contribution in [-0.2, 0) is 29.1 Å². The Morgan fingerprint density at radius 3 is 2.59 bits per heavy atom. The van der Waals surface area contributed by atoms with Crippen LogP contribution < -0.4 is 20.1 Å². The van der Waals surface area contributed by atoms with Crippen molar-refractivity contribution >= 4 is 45.0 Å². The molecule has 2 aliphatic heterocycles. The highest BCUT2D eigenvalue weighted by Crippen LogP contribution is 2.46. The van der Waals surface area contributed by atoms with Gasteiger partial charge in [-0.05, 0) is 73.1 Å². The highest BCUT2D eigenvalue weighted by atomic mass is 32.2. The summed E-state index contributed by atoms with van der Waals surface area (Å²) in [5, 5.41) is 4.98. The van der Waals surface area contributed by atoms with Gasteiger partial charge in [-0.3, -0.25) is 23.7 Å². The standard InChI is InChI=1S/C34H48N8O8S/c1-20(2)42-27-25(17-35-19-36-27)37-31(42)49-22-15-26-28(43)39-34(30(45)40-51(47,48)23-13-14-23)16-21(34)11-9-7-6-8-10-12-24(29(44)41(26)18-22)38-32(46)50-33(3,4)5/h9,11,17,19-24,26H,6-8,10,12-16,18H2,1-5H3,(H,38,46)(H,39,43)(H,40,45)/b11-9-/t21-,22-,24+,26+,34-/m1/s1. The quantitative estimate of drug-likeness (QED) is 0.354. The smallest absolute Gasteiger partial charge is 0.408 e. The van der Waals surface area contributed by atoms with Crippen molar-refractivity contribution in [3.63, 3.8) is 0 Å². The molecule has 1 saturated heterocycles. The van der Waals surface area contributed by atoms with E-state index in [2.05, 4.69) is 30.3 Å². The molecule has 51 heavy (non-hydrogen) atoms. The second-order valence-electron chi connectivity index (χ2n) is 15.3. The lowest BCUT2D eigenvalue weighted by Crippen LogP contribution is -2.58. The van der Waals surface area contributed by atoms with Crippen molar-refractivity contribution in [3.05, 3.63) is 24.7 Å². The summed E-state index contributed by atoms with van der Waals surface area (Å²) in [5.74, 6) is -2.34. The molecule has 17 heteroatoms. The highest BCUT2D eigenvalue weighted by molar-refractivity contribution is 7.91. The number of imidazole rings is 1. The third-order valence-electron chi connectivity index (χ3n) is 9.65. The second-order valence-corrected chi connectivity index (χ2v) is 17.2. The normalized spacial score (nSPS) is 28.2. The van der Waals surface area contributed by atoms with Crippen LogP contribution in [0.4, 0.5) is 4.79 Å². The number of hydrogen-bond donors (Lipinski definition) is 3. The number of amides is 4. The maximum atomic E-state index is 14.4. The number of allylic oxidation sites excluding steroid dienone is 1. The molecule has 4 aliphatic rings. The van der Waals surface area contributed by atoms with Gasteiger partial charge in [0.05, 0.1) is 18.0 Å². The van der Waals surface area contributed by atoms with E-state index >= 15 is 0 Å². The number of ether oxygens (including phenoxy) is 2. The third kappa shape index (κ3) is 8.12. The van der Waals surface area contributed by atoms with Gasteiger partial charge < -0.3 is 25.0 Å². The number of alkyl carbamates (subject to hydrolysis) is 1. The molecule has 16 nitrogen and oxygen atoms in total. The SMILES string of the molecule is CC(C)n1c(O[C@@H]2C[C@H]3C(=O)N[C@]4(C(=O)NS(=O)(=O)C5CC5)C[C@H]4/C=C\CCCCC[C@H](NC(=O)OC(C)(C)C)C(=O)N3C2)nc2cncnc21.